The first-order valence-electron chi connectivity index (χ1n) is 9.48. The standard InChI is InChI=1S/C20H28N4O4.HI/c1-21-19(24-8-4-7-20(13-24)10-17(25)23-12-20)22-11-14-5-6-15(18(26)28-3)16(9-14)27-2;/h5-6,9H,4,7-8,10-13H2,1-3H3,(H,21,22)(H,23,25);1H. The van der Waals surface area contributed by atoms with Gasteiger partial charge in [-0.1, -0.05) is 6.07 Å². The molecule has 1 unspecified atom stereocenters. The van der Waals surface area contributed by atoms with Crippen LogP contribution in [0, 0.1) is 5.41 Å². The van der Waals surface area contributed by atoms with E-state index in [2.05, 4.69) is 20.5 Å². The highest BCUT2D eigenvalue weighted by Crippen LogP contribution is 2.36. The number of benzene rings is 1. The lowest BCUT2D eigenvalue weighted by molar-refractivity contribution is -0.119. The van der Waals surface area contributed by atoms with Crippen LogP contribution < -0.4 is 15.4 Å². The lowest BCUT2D eigenvalue weighted by Crippen LogP contribution is -2.51. The van der Waals surface area contributed by atoms with Gasteiger partial charge in [-0.25, -0.2) is 4.79 Å². The number of ether oxygens (including phenoxy) is 2. The molecule has 1 amide bonds. The van der Waals surface area contributed by atoms with Crippen molar-refractivity contribution in [3.05, 3.63) is 29.3 Å². The Morgan fingerprint density at radius 1 is 1.38 bits per heavy atom. The highest BCUT2D eigenvalue weighted by Gasteiger charge is 2.42. The molecule has 1 spiro atoms. The molecule has 2 aliphatic heterocycles. The maximum atomic E-state index is 11.8. The number of hydrogen-bond donors (Lipinski definition) is 2. The van der Waals surface area contributed by atoms with Gasteiger partial charge < -0.3 is 25.0 Å². The van der Waals surface area contributed by atoms with Crippen LogP contribution in [-0.2, 0) is 16.1 Å². The summed E-state index contributed by atoms with van der Waals surface area (Å²) in [5, 5.41) is 6.36. The second-order valence-electron chi connectivity index (χ2n) is 7.41. The molecule has 0 bridgehead atoms. The quantitative estimate of drug-likeness (QED) is 0.275. The lowest BCUT2D eigenvalue weighted by Gasteiger charge is -2.40. The van der Waals surface area contributed by atoms with Crippen molar-refractivity contribution in [1.29, 1.82) is 0 Å². The van der Waals surface area contributed by atoms with E-state index in [-0.39, 0.29) is 35.3 Å². The van der Waals surface area contributed by atoms with Crippen molar-refractivity contribution < 1.29 is 19.1 Å². The van der Waals surface area contributed by atoms with Crippen molar-refractivity contribution >= 4 is 41.8 Å². The molecule has 29 heavy (non-hydrogen) atoms. The van der Waals surface area contributed by atoms with Gasteiger partial charge in [0.2, 0.25) is 5.91 Å². The van der Waals surface area contributed by atoms with Crippen LogP contribution >= 0.6 is 24.0 Å². The largest absolute Gasteiger partial charge is 0.496 e. The molecule has 160 valence electrons. The molecule has 0 saturated carbocycles. The van der Waals surface area contributed by atoms with E-state index in [1.54, 1.807) is 13.1 Å². The Labute approximate surface area is 188 Å². The molecule has 1 aromatic carbocycles. The summed E-state index contributed by atoms with van der Waals surface area (Å²) in [6, 6.07) is 5.40. The molecule has 3 rings (SSSR count). The summed E-state index contributed by atoms with van der Waals surface area (Å²) in [5.41, 5.74) is 1.38. The van der Waals surface area contributed by atoms with Crippen molar-refractivity contribution in [1.82, 2.24) is 15.5 Å². The highest BCUT2D eigenvalue weighted by atomic mass is 127. The molecular weight excluding hydrogens is 487 g/mol. The number of carbonyl (C=O) groups is 2. The van der Waals surface area contributed by atoms with Gasteiger partial charge in [-0.2, -0.15) is 0 Å². The number of carbonyl (C=O) groups excluding carboxylic acids is 2. The van der Waals surface area contributed by atoms with Crippen LogP contribution in [0.15, 0.2) is 23.2 Å². The van der Waals surface area contributed by atoms with E-state index in [0.717, 1.165) is 44.0 Å². The van der Waals surface area contributed by atoms with Crippen LogP contribution in [0.4, 0.5) is 0 Å². The number of aliphatic imine (C=N–C) groups is 1. The molecule has 0 aromatic heterocycles. The maximum absolute atomic E-state index is 11.8. The zero-order valence-electron chi connectivity index (χ0n) is 17.1. The SMILES string of the molecule is CN=C(NCc1ccc(C(=O)OC)c(OC)c1)N1CCCC2(CNC(=O)C2)C1.I. The van der Waals surface area contributed by atoms with Crippen LogP contribution in [0.3, 0.4) is 0 Å². The van der Waals surface area contributed by atoms with E-state index in [0.29, 0.717) is 24.3 Å². The predicted molar refractivity (Wildman–Crippen MR) is 121 cm³/mol. The van der Waals surface area contributed by atoms with Crippen LogP contribution in [0.5, 0.6) is 5.75 Å². The predicted octanol–water partition coefficient (Wildman–Crippen LogP) is 1.78. The molecule has 1 aromatic rings. The van der Waals surface area contributed by atoms with Crippen molar-refractivity contribution in [2.45, 2.75) is 25.8 Å². The topological polar surface area (TPSA) is 92.3 Å². The summed E-state index contributed by atoms with van der Waals surface area (Å²) in [5.74, 6) is 1.01. The van der Waals surface area contributed by atoms with Crippen molar-refractivity contribution in [2.75, 3.05) is 40.9 Å². The first kappa shape index (κ1) is 23.2. The molecule has 0 radical (unpaired) electrons. The van der Waals surface area contributed by atoms with E-state index in [9.17, 15) is 9.59 Å². The second-order valence-corrected chi connectivity index (χ2v) is 7.41. The number of rotatable bonds is 4. The third-order valence-electron chi connectivity index (χ3n) is 5.49. The molecule has 0 aliphatic carbocycles. The number of likely N-dealkylation sites (tertiary alicyclic amines) is 1. The molecule has 8 nitrogen and oxygen atoms in total. The third kappa shape index (κ3) is 5.31. The first-order valence-corrected chi connectivity index (χ1v) is 9.48. The Morgan fingerprint density at radius 2 is 2.17 bits per heavy atom. The molecule has 2 saturated heterocycles. The number of hydrogen-bond acceptors (Lipinski definition) is 5. The fourth-order valence-electron chi connectivity index (χ4n) is 4.07. The highest BCUT2D eigenvalue weighted by molar-refractivity contribution is 14.0. The monoisotopic (exact) mass is 516 g/mol. The smallest absolute Gasteiger partial charge is 0.341 e. The van der Waals surface area contributed by atoms with Gasteiger partial charge in [-0.3, -0.25) is 9.79 Å². The molecule has 2 aliphatic rings. The van der Waals surface area contributed by atoms with Crippen molar-refractivity contribution in [3.8, 4) is 5.75 Å². The molecule has 2 fully saturated rings. The van der Waals surface area contributed by atoms with Crippen molar-refractivity contribution in [2.24, 2.45) is 10.4 Å². The van der Waals surface area contributed by atoms with Gasteiger partial charge in [-0.05, 0) is 30.5 Å². The van der Waals surface area contributed by atoms with E-state index < -0.39 is 5.97 Å². The summed E-state index contributed by atoms with van der Waals surface area (Å²) in [7, 11) is 4.64. The van der Waals surface area contributed by atoms with Gasteiger partial charge in [-0.15, -0.1) is 24.0 Å². The second kappa shape index (κ2) is 10.1. The minimum absolute atomic E-state index is 0. The Hall–Kier alpha value is -2.04. The number of esters is 1. The number of methoxy groups -OCH3 is 2. The molecular formula is C20H29IN4O4. The minimum atomic E-state index is -0.425. The van der Waals surface area contributed by atoms with Crippen LogP contribution in [0.25, 0.3) is 0 Å². The summed E-state index contributed by atoms with van der Waals surface area (Å²) >= 11 is 0. The number of piperidine rings is 1. The number of guanidine groups is 1. The minimum Gasteiger partial charge on any atom is -0.496 e. The van der Waals surface area contributed by atoms with Crippen molar-refractivity contribution in [3.63, 3.8) is 0 Å². The maximum Gasteiger partial charge on any atom is 0.341 e. The Balaban J connectivity index is 0.00000300. The van der Waals surface area contributed by atoms with Gasteiger partial charge in [0.15, 0.2) is 5.96 Å². The van der Waals surface area contributed by atoms with Crippen LogP contribution in [-0.4, -0.2) is 63.6 Å². The lowest BCUT2D eigenvalue weighted by atomic mass is 9.79. The van der Waals surface area contributed by atoms with E-state index >= 15 is 0 Å². The molecule has 9 heteroatoms. The van der Waals surface area contributed by atoms with Gasteiger partial charge in [0.05, 0.1) is 14.2 Å². The molecule has 1 atom stereocenters. The van der Waals surface area contributed by atoms with Gasteiger partial charge in [0.1, 0.15) is 11.3 Å². The normalized spacial score (nSPS) is 21.4. The number of nitrogens with one attached hydrogen (secondary N) is 2. The van der Waals surface area contributed by atoms with Crippen LogP contribution in [0.1, 0.15) is 35.2 Å². The third-order valence-corrected chi connectivity index (χ3v) is 5.49. The fourth-order valence-corrected chi connectivity index (χ4v) is 4.07. The van der Waals surface area contributed by atoms with Crippen LogP contribution in [0.2, 0.25) is 0 Å². The van der Waals surface area contributed by atoms with Gasteiger partial charge >= 0.3 is 5.97 Å². The summed E-state index contributed by atoms with van der Waals surface area (Å²) in [4.78, 5) is 30.2. The van der Waals surface area contributed by atoms with Gasteiger partial charge in [0, 0.05) is 45.1 Å². The summed E-state index contributed by atoms with van der Waals surface area (Å²) in [6.07, 6.45) is 2.69. The van der Waals surface area contributed by atoms with Gasteiger partial charge in [0.25, 0.3) is 0 Å². The fraction of sp³-hybridized carbons (Fsp3) is 0.550. The Kier molecular flexibility index (Phi) is 8.12. The Bertz CT molecular complexity index is 786. The molecule has 2 N–H and O–H groups in total. The van der Waals surface area contributed by atoms with E-state index in [4.69, 9.17) is 9.47 Å². The number of nitrogens with zero attached hydrogens (tertiary/aromatic N) is 2. The summed E-state index contributed by atoms with van der Waals surface area (Å²) in [6.45, 7) is 3.02. The first-order chi connectivity index (χ1) is 13.5. The average Bonchev–Trinajstić information content (AvgIpc) is 3.07. The van der Waals surface area contributed by atoms with E-state index in [1.807, 2.05) is 12.1 Å². The number of halogens is 1. The Morgan fingerprint density at radius 3 is 2.79 bits per heavy atom. The number of amides is 1. The average molecular weight is 516 g/mol. The van der Waals surface area contributed by atoms with E-state index in [1.165, 1.54) is 14.2 Å². The summed E-state index contributed by atoms with van der Waals surface area (Å²) < 4.78 is 10.1. The zero-order valence-corrected chi connectivity index (χ0v) is 19.4. The zero-order chi connectivity index (χ0) is 20.1. The molecule has 2 heterocycles.